The molecule has 0 saturated heterocycles. The highest BCUT2D eigenvalue weighted by molar-refractivity contribution is 6.08. The first-order chi connectivity index (χ1) is 18.0. The van der Waals surface area contributed by atoms with E-state index in [0.29, 0.717) is 30.0 Å². The molecule has 0 unspecified atom stereocenters. The van der Waals surface area contributed by atoms with Crippen molar-refractivity contribution in [2.45, 2.75) is 19.3 Å². The zero-order valence-electron chi connectivity index (χ0n) is 20.2. The summed E-state index contributed by atoms with van der Waals surface area (Å²) in [6.45, 7) is -0.0215. The fourth-order valence-electron chi connectivity index (χ4n) is 4.23. The summed E-state index contributed by atoms with van der Waals surface area (Å²) in [5.74, 6) is -0.999. The molecular weight excluding hydrogens is 474 g/mol. The lowest BCUT2D eigenvalue weighted by Crippen LogP contribution is -2.25. The van der Waals surface area contributed by atoms with Crippen molar-refractivity contribution in [3.63, 3.8) is 0 Å². The summed E-state index contributed by atoms with van der Waals surface area (Å²) in [4.78, 5) is 37.1. The summed E-state index contributed by atoms with van der Waals surface area (Å²) >= 11 is 0. The largest absolute Gasteiger partial charge is 0.495 e. The number of nitrogens with one attached hydrogen (secondary N) is 1. The Labute approximate surface area is 212 Å². The Hall–Kier alpha value is -4.66. The van der Waals surface area contributed by atoms with Crippen molar-refractivity contribution in [2.24, 2.45) is 5.10 Å². The van der Waals surface area contributed by atoms with E-state index in [9.17, 15) is 14.4 Å². The molecule has 0 bridgehead atoms. The number of ether oxygens (including phenoxy) is 2. The summed E-state index contributed by atoms with van der Waals surface area (Å²) in [7, 11) is 1.50. The maximum Gasteiger partial charge on any atom is 0.306 e. The minimum atomic E-state index is -0.644. The number of fused-ring (bicyclic) bond motifs is 3. The third-order valence-electron chi connectivity index (χ3n) is 6.08. The molecule has 4 aromatic rings. The number of anilines is 1. The van der Waals surface area contributed by atoms with Gasteiger partial charge in [0.1, 0.15) is 16.9 Å². The lowest BCUT2D eigenvalue weighted by molar-refractivity contribution is -0.148. The van der Waals surface area contributed by atoms with Gasteiger partial charge in [0.05, 0.1) is 31.5 Å². The average molecular weight is 500 g/mol. The molecule has 188 valence electrons. The van der Waals surface area contributed by atoms with Crippen LogP contribution in [0.3, 0.4) is 0 Å². The third kappa shape index (κ3) is 5.30. The van der Waals surface area contributed by atoms with Crippen LogP contribution in [0.5, 0.6) is 5.75 Å². The molecule has 0 radical (unpaired) electrons. The van der Waals surface area contributed by atoms with Gasteiger partial charge < -0.3 is 19.2 Å². The molecule has 0 spiro atoms. The number of benzene rings is 3. The number of rotatable bonds is 8. The first-order valence-corrected chi connectivity index (χ1v) is 11.9. The second kappa shape index (κ2) is 10.5. The van der Waals surface area contributed by atoms with Crippen LogP contribution in [0.25, 0.3) is 21.9 Å². The highest BCUT2D eigenvalue weighted by Gasteiger charge is 2.22. The van der Waals surface area contributed by atoms with Crippen LogP contribution < -0.4 is 10.1 Å². The van der Waals surface area contributed by atoms with Crippen molar-refractivity contribution >= 4 is 51.1 Å². The first kappa shape index (κ1) is 24.1. The number of hydrazone groups is 1. The van der Waals surface area contributed by atoms with Crippen molar-refractivity contribution in [3.05, 3.63) is 72.3 Å². The van der Waals surface area contributed by atoms with E-state index in [1.165, 1.54) is 12.1 Å². The maximum absolute atomic E-state index is 12.5. The summed E-state index contributed by atoms with van der Waals surface area (Å²) < 4.78 is 16.4. The lowest BCUT2D eigenvalue weighted by atomic mass is 10.1. The molecule has 5 rings (SSSR count). The lowest BCUT2D eigenvalue weighted by Gasteiger charge is -2.12. The predicted molar refractivity (Wildman–Crippen MR) is 138 cm³/mol. The van der Waals surface area contributed by atoms with E-state index >= 15 is 0 Å². The van der Waals surface area contributed by atoms with Crippen LogP contribution in [-0.2, 0) is 19.1 Å². The highest BCUT2D eigenvalue weighted by atomic mass is 16.5. The van der Waals surface area contributed by atoms with Crippen molar-refractivity contribution in [1.82, 2.24) is 5.01 Å². The minimum absolute atomic E-state index is 0.0530. The molecule has 1 aliphatic heterocycles. The fraction of sp³-hybridized carbons (Fsp3) is 0.214. The molecule has 0 fully saturated rings. The second-order valence-electron chi connectivity index (χ2n) is 8.54. The van der Waals surface area contributed by atoms with Gasteiger partial charge in [0.2, 0.25) is 5.91 Å². The minimum Gasteiger partial charge on any atom is -0.495 e. The molecule has 2 heterocycles. The van der Waals surface area contributed by atoms with Crippen LogP contribution in [0, 0.1) is 0 Å². The highest BCUT2D eigenvalue weighted by Crippen LogP contribution is 2.36. The molecule has 0 saturated carbocycles. The third-order valence-corrected chi connectivity index (χ3v) is 6.08. The Morgan fingerprint density at radius 2 is 1.76 bits per heavy atom. The van der Waals surface area contributed by atoms with Gasteiger partial charge in [0.15, 0.2) is 6.61 Å². The zero-order valence-corrected chi connectivity index (χ0v) is 20.2. The van der Waals surface area contributed by atoms with Gasteiger partial charge in [-0.2, -0.15) is 5.10 Å². The maximum atomic E-state index is 12.5. The van der Waals surface area contributed by atoms with Crippen molar-refractivity contribution in [1.29, 1.82) is 0 Å². The topological polar surface area (TPSA) is 110 Å². The van der Waals surface area contributed by atoms with Crippen LogP contribution >= 0.6 is 0 Å². The van der Waals surface area contributed by atoms with Crippen molar-refractivity contribution < 1.29 is 28.3 Å². The Bertz CT molecular complexity index is 1510. The molecule has 9 nitrogen and oxygen atoms in total. The van der Waals surface area contributed by atoms with Gasteiger partial charge >= 0.3 is 5.97 Å². The smallest absolute Gasteiger partial charge is 0.306 e. The molecule has 9 heteroatoms. The van der Waals surface area contributed by atoms with Gasteiger partial charge in [-0.3, -0.25) is 14.4 Å². The van der Waals surface area contributed by atoms with Crippen LogP contribution in [0.1, 0.15) is 24.8 Å². The fourth-order valence-corrected chi connectivity index (χ4v) is 4.23. The van der Waals surface area contributed by atoms with Crippen LogP contribution in [-0.4, -0.2) is 48.8 Å². The second-order valence-corrected chi connectivity index (χ2v) is 8.54. The van der Waals surface area contributed by atoms with E-state index in [1.807, 2.05) is 54.6 Å². The molecule has 1 N–H and O–H groups in total. The average Bonchev–Trinajstić information content (AvgIpc) is 3.56. The molecular formula is C28H25N3O6. The van der Waals surface area contributed by atoms with E-state index in [4.69, 9.17) is 13.9 Å². The van der Waals surface area contributed by atoms with Gasteiger partial charge in [-0.05, 0) is 17.7 Å². The standard InChI is InChI=1S/C28H25N3O6/c1-35-25-15-20-19-9-5-6-10-23(19)37-24(20)16-22(25)29-26(32)17-36-28(34)12-11-27(33)31-14-13-21(30-31)18-7-3-2-4-8-18/h2-10,15-16H,11-14,17H2,1H3,(H,29,32). The number of amides is 2. The molecule has 37 heavy (non-hydrogen) atoms. The first-order valence-electron chi connectivity index (χ1n) is 11.9. The predicted octanol–water partition coefficient (Wildman–Crippen LogP) is 4.49. The van der Waals surface area contributed by atoms with Gasteiger partial charge in [-0.15, -0.1) is 0 Å². The zero-order chi connectivity index (χ0) is 25.8. The molecule has 2 amide bonds. The summed E-state index contributed by atoms with van der Waals surface area (Å²) in [6, 6.07) is 20.7. The SMILES string of the molecule is COc1cc2c(cc1NC(=O)COC(=O)CCC(=O)N1CCC(c3ccccc3)=N1)oc1ccccc12. The van der Waals surface area contributed by atoms with Crippen molar-refractivity contribution in [2.75, 3.05) is 25.6 Å². The Balaban J connectivity index is 1.13. The van der Waals surface area contributed by atoms with Gasteiger partial charge in [-0.1, -0.05) is 48.5 Å². The van der Waals surface area contributed by atoms with Crippen LogP contribution in [0.4, 0.5) is 5.69 Å². The molecule has 1 aliphatic rings. The number of carbonyl (C=O) groups is 3. The molecule has 0 atom stereocenters. The van der Waals surface area contributed by atoms with E-state index in [1.54, 1.807) is 12.1 Å². The molecule has 3 aromatic carbocycles. The molecule has 0 aliphatic carbocycles. The number of hydrogen-bond acceptors (Lipinski definition) is 7. The Morgan fingerprint density at radius 1 is 0.973 bits per heavy atom. The van der Waals surface area contributed by atoms with Crippen molar-refractivity contribution in [3.8, 4) is 5.75 Å². The number of carbonyl (C=O) groups excluding carboxylic acids is 3. The molecule has 1 aromatic heterocycles. The Kier molecular flexibility index (Phi) is 6.85. The van der Waals surface area contributed by atoms with E-state index in [-0.39, 0.29) is 18.7 Å². The van der Waals surface area contributed by atoms with Crippen LogP contribution in [0.15, 0.2) is 76.2 Å². The van der Waals surface area contributed by atoms with E-state index in [2.05, 4.69) is 10.4 Å². The van der Waals surface area contributed by atoms with E-state index in [0.717, 1.165) is 27.6 Å². The van der Waals surface area contributed by atoms with Gasteiger partial charge in [-0.25, -0.2) is 5.01 Å². The number of para-hydroxylation sites is 1. The monoisotopic (exact) mass is 499 g/mol. The number of methoxy groups -OCH3 is 1. The number of hydrogen-bond donors (Lipinski definition) is 1. The van der Waals surface area contributed by atoms with Crippen LogP contribution in [0.2, 0.25) is 0 Å². The normalized spacial score (nSPS) is 13.0. The summed E-state index contributed by atoms with van der Waals surface area (Å²) in [6.07, 6.45) is 0.458. The number of nitrogens with zero attached hydrogens (tertiary/aromatic N) is 2. The number of esters is 1. The van der Waals surface area contributed by atoms with Gasteiger partial charge in [0, 0.05) is 29.7 Å². The number of furan rings is 1. The quantitative estimate of drug-likeness (QED) is 0.358. The summed E-state index contributed by atoms with van der Waals surface area (Å²) in [5.41, 5.74) is 3.52. The van der Waals surface area contributed by atoms with E-state index < -0.39 is 18.5 Å². The summed E-state index contributed by atoms with van der Waals surface area (Å²) in [5, 5.41) is 10.2. The van der Waals surface area contributed by atoms with Gasteiger partial charge in [0.25, 0.3) is 5.91 Å². The Morgan fingerprint density at radius 3 is 2.57 bits per heavy atom.